The number of hydrogen-bond acceptors (Lipinski definition) is 0. The Hall–Kier alpha value is 5.70. The molecule has 0 nitrogen and oxygen atoms in total. The average Bonchev–Trinajstić information content (AvgIpc) is 0. The Balaban J connectivity index is 0. The molecule has 0 rings (SSSR count). The maximum atomic E-state index is 0. The summed E-state index contributed by atoms with van der Waals surface area (Å²) in [5, 5.41) is 0. The number of hydrogen-bond donors (Lipinski definition) is 0. The van der Waals surface area contributed by atoms with Crippen LogP contribution in [0.25, 0.3) is 0 Å². The van der Waals surface area contributed by atoms with E-state index in [0.717, 1.165) is 0 Å². The van der Waals surface area contributed by atoms with Crippen LogP contribution in [-0.2, 0) is 21.1 Å². The van der Waals surface area contributed by atoms with E-state index in [0.29, 0.717) is 0 Å². The van der Waals surface area contributed by atoms with Crippen molar-refractivity contribution in [2.45, 2.75) is 0 Å². The van der Waals surface area contributed by atoms with Crippen LogP contribution in [-0.4, -0.2) is 103 Å². The largest absolute Gasteiger partial charge is 0 e. The van der Waals surface area contributed by atoms with Crippen LogP contribution >= 0.6 is 74.4 Å². The van der Waals surface area contributed by atoms with Crippen LogP contribution in [0.5, 0.6) is 0 Å². The molecule has 0 aliphatic carbocycles. The third-order valence-corrected chi connectivity index (χ3v) is 0. The van der Waals surface area contributed by atoms with E-state index in [-0.39, 0.29) is 198 Å². The minimum Gasteiger partial charge on any atom is 0 e. The molecule has 0 aliphatic heterocycles. The van der Waals surface area contributed by atoms with Crippen molar-refractivity contribution in [3.8, 4) is 0 Å². The Morgan fingerprint density at radius 2 is 0.333 bits per heavy atom. The zero-order valence-corrected chi connectivity index (χ0v) is 9.94. The maximum absolute atomic E-state index is 0. The fourth-order valence-electron chi connectivity index (χ4n) is 0. The third-order valence-electron chi connectivity index (χ3n) is 0. The molecule has 0 amide bonds. The van der Waals surface area contributed by atoms with Crippen molar-refractivity contribution in [1.29, 1.82) is 0 Å². The summed E-state index contributed by atoms with van der Waals surface area (Å²) in [7, 11) is 0. The van der Waals surface area contributed by atoms with Gasteiger partial charge in [-0.15, -0.1) is 74.4 Å². The van der Waals surface area contributed by atoms with E-state index in [4.69, 9.17) is 0 Å². The van der Waals surface area contributed by atoms with Crippen LogP contribution in [0.15, 0.2) is 0 Å². The fourth-order valence-corrected chi connectivity index (χ4v) is 0. The van der Waals surface area contributed by atoms with Gasteiger partial charge >= 0.3 is 103 Å². The van der Waals surface area contributed by atoms with Crippen LogP contribution < -0.4 is 0 Å². The smallest absolute Gasteiger partial charge is 0 e. The zero-order chi connectivity index (χ0) is 0. The standard InChI is InChI=1S/6ClH.2K.Pt.2H/h6*1H;;;;;. The van der Waals surface area contributed by atoms with E-state index in [1.165, 1.54) is 0 Å². The molecule has 0 fully saturated rings. The normalized spacial score (nSPS) is 0. The number of halogens is 6. The van der Waals surface area contributed by atoms with Crippen LogP contribution in [0.1, 0.15) is 0 Å². The van der Waals surface area contributed by atoms with Crippen molar-refractivity contribution in [2.24, 2.45) is 0 Å². The van der Waals surface area contributed by atoms with Gasteiger partial charge in [0.25, 0.3) is 0 Å². The molecule has 0 saturated carbocycles. The van der Waals surface area contributed by atoms with E-state index < -0.39 is 0 Å². The van der Waals surface area contributed by atoms with E-state index in [9.17, 15) is 0 Å². The summed E-state index contributed by atoms with van der Waals surface area (Å²) in [6.45, 7) is 0. The summed E-state index contributed by atoms with van der Waals surface area (Å²) in [5.74, 6) is 0. The molecule has 0 aromatic heterocycles. The quantitative estimate of drug-likeness (QED) is 0.445. The molecule has 0 N–H and O–H groups in total. The summed E-state index contributed by atoms with van der Waals surface area (Å²) >= 11 is 0. The minimum absolute atomic E-state index is 0. The van der Waals surface area contributed by atoms with E-state index in [2.05, 4.69) is 0 Å². The number of rotatable bonds is 0. The zero-order valence-electron chi connectivity index (χ0n) is 2.77. The molecule has 0 heterocycles. The molecule has 0 saturated heterocycles. The Labute approximate surface area is 193 Å². The van der Waals surface area contributed by atoms with Gasteiger partial charge < -0.3 is 0 Å². The first-order valence-corrected chi connectivity index (χ1v) is 0. The van der Waals surface area contributed by atoms with Gasteiger partial charge in [0.1, 0.15) is 0 Å². The van der Waals surface area contributed by atoms with Gasteiger partial charge in [0.15, 0.2) is 0 Å². The average molecular weight is 494 g/mol. The van der Waals surface area contributed by atoms with Gasteiger partial charge in [-0.1, -0.05) is 0 Å². The second-order valence-electron chi connectivity index (χ2n) is 0. The van der Waals surface area contributed by atoms with Crippen molar-refractivity contribution < 1.29 is 21.1 Å². The van der Waals surface area contributed by atoms with Crippen molar-refractivity contribution in [3.05, 3.63) is 0 Å². The maximum Gasteiger partial charge on any atom is 0 e. The third kappa shape index (κ3) is 57.7. The second-order valence-corrected chi connectivity index (χ2v) is 0. The predicted octanol–water partition coefficient (Wildman–Crippen LogP) is 1.23. The second kappa shape index (κ2) is 68.0. The van der Waals surface area contributed by atoms with Gasteiger partial charge in [-0.3, -0.25) is 0 Å². The van der Waals surface area contributed by atoms with Gasteiger partial charge in [-0.05, 0) is 0 Å². The molecular formula is H8Cl6K2Pt. The molecule has 0 aromatic rings. The van der Waals surface area contributed by atoms with Gasteiger partial charge in [0.05, 0.1) is 0 Å². The molecule has 0 aromatic carbocycles. The summed E-state index contributed by atoms with van der Waals surface area (Å²) < 4.78 is 0. The summed E-state index contributed by atoms with van der Waals surface area (Å²) in [4.78, 5) is 0. The molecule has 9 heavy (non-hydrogen) atoms. The van der Waals surface area contributed by atoms with E-state index >= 15 is 0 Å². The van der Waals surface area contributed by atoms with Gasteiger partial charge in [-0.2, -0.15) is 0 Å². The first-order valence-electron chi connectivity index (χ1n) is 0. The van der Waals surface area contributed by atoms with Crippen LogP contribution in [0.4, 0.5) is 0 Å². The molecule has 0 radical (unpaired) electrons. The van der Waals surface area contributed by atoms with Crippen molar-refractivity contribution >= 4 is 177 Å². The molecule has 0 unspecified atom stereocenters. The minimum atomic E-state index is 0. The fraction of sp³-hybridized carbons (Fsp3) is 0. The molecule has 62 valence electrons. The van der Waals surface area contributed by atoms with E-state index in [1.807, 2.05) is 0 Å². The van der Waals surface area contributed by atoms with E-state index in [1.54, 1.807) is 0 Å². The monoisotopic (exact) mass is 491 g/mol. The van der Waals surface area contributed by atoms with Crippen LogP contribution in [0.2, 0.25) is 0 Å². The summed E-state index contributed by atoms with van der Waals surface area (Å²) in [6.07, 6.45) is 0. The topological polar surface area (TPSA) is 0 Å². The van der Waals surface area contributed by atoms with Gasteiger partial charge in [0.2, 0.25) is 0 Å². The molecule has 0 atom stereocenters. The van der Waals surface area contributed by atoms with Gasteiger partial charge in [0, 0.05) is 21.1 Å². The Morgan fingerprint density at radius 3 is 0.333 bits per heavy atom. The molecular weight excluding hydrogens is 486 g/mol. The molecule has 9 heteroatoms. The Bertz CT molecular complexity index is 11.0. The molecule has 0 bridgehead atoms. The van der Waals surface area contributed by atoms with Crippen molar-refractivity contribution in [3.63, 3.8) is 0 Å². The van der Waals surface area contributed by atoms with Gasteiger partial charge in [-0.25, -0.2) is 0 Å². The van der Waals surface area contributed by atoms with Crippen molar-refractivity contribution in [2.75, 3.05) is 0 Å². The summed E-state index contributed by atoms with van der Waals surface area (Å²) in [6, 6.07) is 0. The molecule has 0 spiro atoms. The summed E-state index contributed by atoms with van der Waals surface area (Å²) in [5.41, 5.74) is 0. The first kappa shape index (κ1) is 84.9. The predicted molar refractivity (Wildman–Crippen MR) is 57.8 cm³/mol. The molecule has 0 aliphatic rings. The Kier molecular flexibility index (Phi) is 642. The SMILES string of the molecule is Cl.Cl.Cl.Cl.Cl.Cl.[KH].[KH].[Pt]. The first-order chi connectivity index (χ1) is 0. The van der Waals surface area contributed by atoms with Crippen LogP contribution in [0, 0.1) is 0 Å². The Morgan fingerprint density at radius 1 is 0.333 bits per heavy atom. The van der Waals surface area contributed by atoms with Crippen molar-refractivity contribution in [1.82, 2.24) is 0 Å². The van der Waals surface area contributed by atoms with Crippen LogP contribution in [0.3, 0.4) is 0 Å².